The predicted molar refractivity (Wildman–Crippen MR) is 73.9 cm³/mol. The highest BCUT2D eigenvalue weighted by atomic mass is 16.3. The molecule has 19 heavy (non-hydrogen) atoms. The number of rotatable bonds is 4. The van der Waals surface area contributed by atoms with Gasteiger partial charge < -0.3 is 15.5 Å². The Morgan fingerprint density at radius 1 is 1.47 bits per heavy atom. The minimum absolute atomic E-state index is 0.184. The van der Waals surface area contributed by atoms with E-state index in [9.17, 15) is 4.79 Å². The fourth-order valence-corrected chi connectivity index (χ4v) is 2.45. The highest BCUT2D eigenvalue weighted by molar-refractivity contribution is 5.96. The van der Waals surface area contributed by atoms with Crippen LogP contribution in [0.2, 0.25) is 0 Å². The fourth-order valence-electron chi connectivity index (χ4n) is 2.45. The van der Waals surface area contributed by atoms with E-state index in [4.69, 9.17) is 10.2 Å². The lowest BCUT2D eigenvalue weighted by atomic mass is 9.96. The molecule has 0 spiro atoms. The summed E-state index contributed by atoms with van der Waals surface area (Å²) in [6.45, 7) is 2.45. The third kappa shape index (κ3) is 2.24. The van der Waals surface area contributed by atoms with Crippen LogP contribution in [0.3, 0.4) is 0 Å². The number of hydrogen-bond donors (Lipinski definition) is 2. The molecule has 4 heteroatoms. The van der Waals surface area contributed by atoms with Gasteiger partial charge in [0.1, 0.15) is 5.58 Å². The monoisotopic (exact) mass is 258 g/mol. The predicted octanol–water partition coefficient (Wildman–Crippen LogP) is 2.29. The van der Waals surface area contributed by atoms with E-state index in [1.165, 1.54) is 0 Å². The number of carbonyl (C=O) groups is 1. The molecule has 0 bridgehead atoms. The second kappa shape index (κ2) is 4.38. The number of para-hydroxylation sites is 1. The van der Waals surface area contributed by atoms with Gasteiger partial charge in [-0.25, -0.2) is 0 Å². The zero-order valence-electron chi connectivity index (χ0n) is 11.0. The quantitative estimate of drug-likeness (QED) is 0.884. The number of nitrogens with two attached hydrogens (primary N) is 1. The van der Waals surface area contributed by atoms with Gasteiger partial charge >= 0.3 is 0 Å². The van der Waals surface area contributed by atoms with Crippen molar-refractivity contribution >= 4 is 16.9 Å². The summed E-state index contributed by atoms with van der Waals surface area (Å²) in [6.07, 6.45) is 2.27. The van der Waals surface area contributed by atoms with Crippen LogP contribution in [-0.4, -0.2) is 18.0 Å². The maximum Gasteiger partial charge on any atom is 0.287 e. The fraction of sp³-hybridized carbons (Fsp3) is 0.400. The normalized spacial score (nSPS) is 18.2. The van der Waals surface area contributed by atoms with Crippen molar-refractivity contribution < 1.29 is 9.21 Å². The summed E-state index contributed by atoms with van der Waals surface area (Å²) in [5.41, 5.74) is 6.21. The van der Waals surface area contributed by atoms with Crippen molar-refractivity contribution in [2.24, 2.45) is 11.7 Å². The Labute approximate surface area is 112 Å². The number of amides is 1. The average Bonchev–Trinajstić information content (AvgIpc) is 3.18. The van der Waals surface area contributed by atoms with Crippen LogP contribution in [0.4, 0.5) is 0 Å². The molecule has 1 heterocycles. The molecule has 100 valence electrons. The Hall–Kier alpha value is -1.81. The second-order valence-corrected chi connectivity index (χ2v) is 5.50. The molecule has 3 N–H and O–H groups in total. The smallest absolute Gasteiger partial charge is 0.287 e. The van der Waals surface area contributed by atoms with E-state index in [0.717, 1.165) is 23.8 Å². The van der Waals surface area contributed by atoms with Gasteiger partial charge in [0.05, 0.1) is 5.54 Å². The summed E-state index contributed by atoms with van der Waals surface area (Å²) < 4.78 is 5.57. The van der Waals surface area contributed by atoms with E-state index in [1.807, 2.05) is 31.2 Å². The molecule has 1 aliphatic rings. The molecule has 4 nitrogen and oxygen atoms in total. The van der Waals surface area contributed by atoms with Crippen LogP contribution in [0.25, 0.3) is 11.0 Å². The Bertz CT molecular complexity index is 582. The molecule has 3 rings (SSSR count). The maximum atomic E-state index is 12.3. The maximum absolute atomic E-state index is 12.3. The van der Waals surface area contributed by atoms with Gasteiger partial charge in [-0.2, -0.15) is 0 Å². The summed E-state index contributed by atoms with van der Waals surface area (Å²) in [5, 5.41) is 3.96. The van der Waals surface area contributed by atoms with Gasteiger partial charge in [-0.1, -0.05) is 18.2 Å². The number of carbonyl (C=O) groups excluding carboxylic acids is 1. The number of benzene rings is 1. The van der Waals surface area contributed by atoms with Crippen LogP contribution in [-0.2, 0) is 0 Å². The highest BCUT2D eigenvalue weighted by Crippen LogP contribution is 2.39. The topological polar surface area (TPSA) is 68.3 Å². The van der Waals surface area contributed by atoms with E-state index in [2.05, 4.69) is 5.32 Å². The van der Waals surface area contributed by atoms with Crippen molar-refractivity contribution in [2.75, 3.05) is 6.54 Å². The lowest BCUT2D eigenvalue weighted by Crippen LogP contribution is -2.53. The zero-order valence-corrected chi connectivity index (χ0v) is 11.0. The molecule has 0 radical (unpaired) electrons. The van der Waals surface area contributed by atoms with Crippen LogP contribution in [0, 0.1) is 5.92 Å². The Balaban J connectivity index is 1.83. The highest BCUT2D eigenvalue weighted by Gasteiger charge is 2.42. The van der Waals surface area contributed by atoms with Gasteiger partial charge in [0.2, 0.25) is 0 Å². The lowest BCUT2D eigenvalue weighted by Gasteiger charge is -2.28. The SMILES string of the molecule is CC(CN)(NC(=O)c1cc2ccccc2o1)C1CC1. The van der Waals surface area contributed by atoms with Crippen LogP contribution in [0.15, 0.2) is 34.7 Å². The second-order valence-electron chi connectivity index (χ2n) is 5.50. The Morgan fingerprint density at radius 2 is 2.21 bits per heavy atom. The summed E-state index contributed by atoms with van der Waals surface area (Å²) in [4.78, 5) is 12.3. The molecular weight excluding hydrogens is 240 g/mol. The first-order chi connectivity index (χ1) is 9.12. The van der Waals surface area contributed by atoms with Crippen molar-refractivity contribution in [2.45, 2.75) is 25.3 Å². The number of nitrogens with one attached hydrogen (secondary N) is 1. The van der Waals surface area contributed by atoms with Crippen molar-refractivity contribution in [3.8, 4) is 0 Å². The van der Waals surface area contributed by atoms with Gasteiger partial charge in [0.15, 0.2) is 5.76 Å². The largest absolute Gasteiger partial charge is 0.451 e. The van der Waals surface area contributed by atoms with Gasteiger partial charge in [-0.15, -0.1) is 0 Å². The van der Waals surface area contributed by atoms with Gasteiger partial charge in [0, 0.05) is 11.9 Å². The average molecular weight is 258 g/mol. The zero-order chi connectivity index (χ0) is 13.5. The Kier molecular flexibility index (Phi) is 2.82. The minimum atomic E-state index is -0.323. The van der Waals surface area contributed by atoms with Gasteiger partial charge in [0.25, 0.3) is 5.91 Å². The third-order valence-corrected chi connectivity index (χ3v) is 3.95. The molecule has 1 saturated carbocycles. The van der Waals surface area contributed by atoms with E-state index >= 15 is 0 Å². The molecule has 1 unspecified atom stereocenters. The van der Waals surface area contributed by atoms with Crippen molar-refractivity contribution in [1.29, 1.82) is 0 Å². The number of fused-ring (bicyclic) bond motifs is 1. The molecule has 1 aromatic heterocycles. The van der Waals surface area contributed by atoms with Crippen molar-refractivity contribution in [3.63, 3.8) is 0 Å². The van der Waals surface area contributed by atoms with Crippen LogP contribution < -0.4 is 11.1 Å². The Morgan fingerprint density at radius 3 is 2.84 bits per heavy atom. The first-order valence-corrected chi connectivity index (χ1v) is 6.63. The molecular formula is C15H18N2O2. The van der Waals surface area contributed by atoms with Gasteiger partial charge in [-0.05, 0) is 37.8 Å². The van der Waals surface area contributed by atoms with E-state index in [0.29, 0.717) is 18.2 Å². The third-order valence-electron chi connectivity index (χ3n) is 3.95. The number of furan rings is 1. The minimum Gasteiger partial charge on any atom is -0.451 e. The molecule has 2 aromatic rings. The molecule has 1 aliphatic carbocycles. The van der Waals surface area contributed by atoms with Crippen LogP contribution in [0.1, 0.15) is 30.3 Å². The van der Waals surface area contributed by atoms with E-state index in [1.54, 1.807) is 6.07 Å². The van der Waals surface area contributed by atoms with Crippen LogP contribution in [0.5, 0.6) is 0 Å². The first kappa shape index (κ1) is 12.2. The summed E-state index contributed by atoms with van der Waals surface area (Å²) >= 11 is 0. The molecule has 0 saturated heterocycles. The van der Waals surface area contributed by atoms with Crippen molar-refractivity contribution in [1.82, 2.24) is 5.32 Å². The molecule has 1 aromatic carbocycles. The molecule has 0 aliphatic heterocycles. The van der Waals surface area contributed by atoms with E-state index in [-0.39, 0.29) is 11.4 Å². The van der Waals surface area contributed by atoms with Crippen molar-refractivity contribution in [3.05, 3.63) is 36.1 Å². The summed E-state index contributed by atoms with van der Waals surface area (Å²) in [7, 11) is 0. The standard InChI is InChI=1S/C15H18N2O2/c1-15(9-16,11-6-7-11)17-14(18)13-8-10-4-2-3-5-12(10)19-13/h2-5,8,11H,6-7,9,16H2,1H3,(H,17,18). The summed E-state index contributed by atoms with van der Waals surface area (Å²) in [5.74, 6) is 0.656. The number of hydrogen-bond acceptors (Lipinski definition) is 3. The molecule has 1 atom stereocenters. The van der Waals surface area contributed by atoms with Crippen LogP contribution >= 0.6 is 0 Å². The molecule has 1 fully saturated rings. The van der Waals surface area contributed by atoms with Gasteiger partial charge in [-0.3, -0.25) is 4.79 Å². The lowest BCUT2D eigenvalue weighted by molar-refractivity contribution is 0.0871. The first-order valence-electron chi connectivity index (χ1n) is 6.63. The molecule has 1 amide bonds. The van der Waals surface area contributed by atoms with E-state index < -0.39 is 0 Å². The summed E-state index contributed by atoms with van der Waals surface area (Å²) in [6, 6.07) is 9.37.